The standard InChI is InChI=1S/C15H30N2O2/c1-3-5-6-14(4-2)13-16-8-7-15(18)17-9-11-19-12-10-17/h14,16H,3-13H2,1-2H3. The van der Waals surface area contributed by atoms with Crippen LogP contribution in [0.5, 0.6) is 0 Å². The Bertz CT molecular complexity index is 240. The molecule has 0 saturated carbocycles. The molecule has 4 nitrogen and oxygen atoms in total. The first-order valence-corrected chi connectivity index (χ1v) is 7.84. The van der Waals surface area contributed by atoms with Crippen LogP contribution in [0.3, 0.4) is 0 Å². The summed E-state index contributed by atoms with van der Waals surface area (Å²) in [6.07, 6.45) is 5.73. The number of morpholine rings is 1. The van der Waals surface area contributed by atoms with Gasteiger partial charge in [-0.05, 0) is 18.9 Å². The van der Waals surface area contributed by atoms with E-state index in [-0.39, 0.29) is 5.91 Å². The molecular formula is C15H30N2O2. The smallest absolute Gasteiger partial charge is 0.224 e. The molecule has 0 spiro atoms. The van der Waals surface area contributed by atoms with Gasteiger partial charge < -0.3 is 15.0 Å². The van der Waals surface area contributed by atoms with Crippen molar-refractivity contribution in [3.05, 3.63) is 0 Å². The average Bonchev–Trinajstić information content (AvgIpc) is 2.47. The highest BCUT2D eigenvalue weighted by Crippen LogP contribution is 2.11. The lowest BCUT2D eigenvalue weighted by Crippen LogP contribution is -2.41. The summed E-state index contributed by atoms with van der Waals surface area (Å²) in [6.45, 7) is 9.23. The molecule has 4 heteroatoms. The lowest BCUT2D eigenvalue weighted by atomic mass is 9.99. The third kappa shape index (κ3) is 6.92. The van der Waals surface area contributed by atoms with Crippen LogP contribution >= 0.6 is 0 Å². The minimum Gasteiger partial charge on any atom is -0.378 e. The number of nitrogens with one attached hydrogen (secondary N) is 1. The third-order valence-corrected chi connectivity index (χ3v) is 3.86. The van der Waals surface area contributed by atoms with Crippen molar-refractivity contribution < 1.29 is 9.53 Å². The van der Waals surface area contributed by atoms with Crippen molar-refractivity contribution in [2.75, 3.05) is 39.4 Å². The maximum atomic E-state index is 11.9. The molecule has 0 aromatic heterocycles. The van der Waals surface area contributed by atoms with Gasteiger partial charge >= 0.3 is 0 Å². The van der Waals surface area contributed by atoms with E-state index in [1.54, 1.807) is 0 Å². The molecule has 1 fully saturated rings. The fourth-order valence-electron chi connectivity index (χ4n) is 2.42. The van der Waals surface area contributed by atoms with Crippen LogP contribution in [0.15, 0.2) is 0 Å². The summed E-state index contributed by atoms with van der Waals surface area (Å²) < 4.78 is 5.25. The molecular weight excluding hydrogens is 240 g/mol. The van der Waals surface area contributed by atoms with E-state index in [1.165, 1.54) is 25.7 Å². The lowest BCUT2D eigenvalue weighted by molar-refractivity contribution is -0.135. The Hall–Kier alpha value is -0.610. The minimum atomic E-state index is 0.261. The summed E-state index contributed by atoms with van der Waals surface area (Å²) in [7, 11) is 0. The molecule has 1 aliphatic rings. The number of hydrogen-bond donors (Lipinski definition) is 1. The lowest BCUT2D eigenvalue weighted by Gasteiger charge is -2.27. The first kappa shape index (κ1) is 16.4. The second-order valence-electron chi connectivity index (χ2n) is 5.36. The van der Waals surface area contributed by atoms with Crippen molar-refractivity contribution in [1.82, 2.24) is 10.2 Å². The first-order valence-electron chi connectivity index (χ1n) is 7.84. The molecule has 1 amide bonds. The maximum absolute atomic E-state index is 11.9. The van der Waals surface area contributed by atoms with Crippen LogP contribution < -0.4 is 5.32 Å². The molecule has 1 aliphatic heterocycles. The van der Waals surface area contributed by atoms with Crippen LogP contribution in [0.1, 0.15) is 46.0 Å². The van der Waals surface area contributed by atoms with E-state index in [9.17, 15) is 4.79 Å². The van der Waals surface area contributed by atoms with Crippen molar-refractivity contribution in [3.63, 3.8) is 0 Å². The molecule has 0 aliphatic carbocycles. The molecule has 1 heterocycles. The molecule has 0 aromatic rings. The van der Waals surface area contributed by atoms with Gasteiger partial charge in [0.2, 0.25) is 5.91 Å². The zero-order valence-corrected chi connectivity index (χ0v) is 12.6. The molecule has 0 radical (unpaired) electrons. The highest BCUT2D eigenvalue weighted by atomic mass is 16.5. The molecule has 1 saturated heterocycles. The Labute approximate surface area is 117 Å². The van der Waals surface area contributed by atoms with Crippen LogP contribution in [0, 0.1) is 5.92 Å². The van der Waals surface area contributed by atoms with Gasteiger partial charge in [-0.15, -0.1) is 0 Å². The number of nitrogens with zero attached hydrogens (tertiary/aromatic N) is 1. The molecule has 1 N–H and O–H groups in total. The van der Waals surface area contributed by atoms with E-state index in [1.807, 2.05) is 4.90 Å². The number of amides is 1. The first-order chi connectivity index (χ1) is 9.27. The molecule has 0 aromatic carbocycles. The highest BCUT2D eigenvalue weighted by Gasteiger charge is 2.16. The van der Waals surface area contributed by atoms with Gasteiger partial charge in [-0.25, -0.2) is 0 Å². The van der Waals surface area contributed by atoms with Crippen molar-refractivity contribution in [2.45, 2.75) is 46.0 Å². The van der Waals surface area contributed by atoms with Gasteiger partial charge in [-0.3, -0.25) is 4.79 Å². The van der Waals surface area contributed by atoms with Crippen LogP contribution in [-0.4, -0.2) is 50.2 Å². The molecule has 1 unspecified atom stereocenters. The van der Waals surface area contributed by atoms with Crippen LogP contribution in [0.25, 0.3) is 0 Å². The summed E-state index contributed by atoms with van der Waals surface area (Å²) in [5, 5.41) is 3.44. The molecule has 0 bridgehead atoms. The molecule has 112 valence electrons. The summed E-state index contributed by atoms with van der Waals surface area (Å²) in [6, 6.07) is 0. The second kappa shape index (κ2) is 10.2. The van der Waals surface area contributed by atoms with Gasteiger partial charge in [0, 0.05) is 26.1 Å². The quantitative estimate of drug-likeness (QED) is 0.652. The van der Waals surface area contributed by atoms with Gasteiger partial charge in [0.1, 0.15) is 0 Å². The fraction of sp³-hybridized carbons (Fsp3) is 0.933. The topological polar surface area (TPSA) is 41.6 Å². The van der Waals surface area contributed by atoms with Crippen LogP contribution in [-0.2, 0) is 9.53 Å². The van der Waals surface area contributed by atoms with Gasteiger partial charge in [-0.2, -0.15) is 0 Å². The van der Waals surface area contributed by atoms with Gasteiger partial charge in [0.25, 0.3) is 0 Å². The van der Waals surface area contributed by atoms with Crippen molar-refractivity contribution in [3.8, 4) is 0 Å². The predicted octanol–water partition coefficient (Wildman–Crippen LogP) is 2.04. The fourth-order valence-corrected chi connectivity index (χ4v) is 2.42. The zero-order valence-electron chi connectivity index (χ0n) is 12.6. The van der Waals surface area contributed by atoms with Gasteiger partial charge in [-0.1, -0.05) is 33.1 Å². The van der Waals surface area contributed by atoms with E-state index in [2.05, 4.69) is 19.2 Å². The van der Waals surface area contributed by atoms with E-state index in [4.69, 9.17) is 4.74 Å². The Morgan fingerprint density at radius 2 is 2.05 bits per heavy atom. The number of rotatable bonds is 9. The highest BCUT2D eigenvalue weighted by molar-refractivity contribution is 5.76. The Morgan fingerprint density at radius 1 is 1.32 bits per heavy atom. The van der Waals surface area contributed by atoms with Crippen molar-refractivity contribution >= 4 is 5.91 Å². The number of carbonyl (C=O) groups is 1. The number of hydrogen-bond acceptors (Lipinski definition) is 3. The number of ether oxygens (including phenoxy) is 1. The minimum absolute atomic E-state index is 0.261. The average molecular weight is 270 g/mol. The summed E-state index contributed by atoms with van der Waals surface area (Å²) in [5.41, 5.74) is 0. The predicted molar refractivity (Wildman–Crippen MR) is 78.2 cm³/mol. The van der Waals surface area contributed by atoms with E-state index in [0.29, 0.717) is 19.6 Å². The van der Waals surface area contributed by atoms with Gasteiger partial charge in [0.15, 0.2) is 0 Å². The maximum Gasteiger partial charge on any atom is 0.224 e. The SMILES string of the molecule is CCCCC(CC)CNCCC(=O)N1CCOCC1. The Balaban J connectivity index is 2.06. The Morgan fingerprint density at radius 3 is 2.68 bits per heavy atom. The summed E-state index contributed by atoms with van der Waals surface area (Å²) >= 11 is 0. The third-order valence-electron chi connectivity index (χ3n) is 3.86. The Kier molecular flexibility index (Phi) is 8.84. The van der Waals surface area contributed by atoms with E-state index >= 15 is 0 Å². The normalized spacial score (nSPS) is 17.5. The number of carbonyl (C=O) groups excluding carboxylic acids is 1. The van der Waals surface area contributed by atoms with Gasteiger partial charge in [0.05, 0.1) is 13.2 Å². The molecule has 1 atom stereocenters. The summed E-state index contributed by atoms with van der Waals surface area (Å²) in [5.74, 6) is 1.02. The van der Waals surface area contributed by atoms with Crippen LogP contribution in [0.4, 0.5) is 0 Å². The summed E-state index contributed by atoms with van der Waals surface area (Å²) in [4.78, 5) is 13.8. The van der Waals surface area contributed by atoms with Crippen molar-refractivity contribution in [1.29, 1.82) is 0 Å². The largest absolute Gasteiger partial charge is 0.378 e. The van der Waals surface area contributed by atoms with E-state index in [0.717, 1.165) is 32.1 Å². The monoisotopic (exact) mass is 270 g/mol. The molecule has 1 rings (SSSR count). The van der Waals surface area contributed by atoms with Crippen LogP contribution in [0.2, 0.25) is 0 Å². The van der Waals surface area contributed by atoms with E-state index < -0.39 is 0 Å². The number of unbranched alkanes of at least 4 members (excludes halogenated alkanes) is 1. The molecule has 19 heavy (non-hydrogen) atoms. The second-order valence-corrected chi connectivity index (χ2v) is 5.36. The van der Waals surface area contributed by atoms with Crippen molar-refractivity contribution in [2.24, 2.45) is 5.92 Å². The zero-order chi connectivity index (χ0) is 13.9.